The van der Waals surface area contributed by atoms with Crippen LogP contribution in [0.4, 0.5) is 0 Å². The summed E-state index contributed by atoms with van der Waals surface area (Å²) in [7, 11) is 0. The second kappa shape index (κ2) is 7.20. The number of aryl methyl sites for hydroxylation is 1. The molecule has 0 saturated carbocycles. The number of aromatic nitrogens is 3. The fourth-order valence-corrected chi connectivity index (χ4v) is 1.13. The molecular formula is C8H5N3O2Rb2. The van der Waals surface area contributed by atoms with E-state index >= 15 is 0 Å². The summed E-state index contributed by atoms with van der Waals surface area (Å²) in [5, 5.41) is 0.638. The van der Waals surface area contributed by atoms with Gasteiger partial charge in [-0.25, -0.2) is 0 Å². The monoisotopic (exact) mass is 345 g/mol. The second-order valence-corrected chi connectivity index (χ2v) is 2.63. The standard InChI is InChI=1S/C8H7N3O2.2Rb/c1-4-5-3-9-7(12)2-6(5)11-8(13)10-4;;/h2-3H,1H3,(H2,9,10,11,12,13);;/q;2*+1/p-2. The molecule has 0 radical (unpaired) electrons. The van der Waals surface area contributed by atoms with E-state index in [0.29, 0.717) is 16.6 Å². The molecule has 2 heterocycles. The molecule has 0 aliphatic rings. The van der Waals surface area contributed by atoms with Crippen LogP contribution >= 0.6 is 0 Å². The van der Waals surface area contributed by atoms with E-state index in [2.05, 4.69) is 15.0 Å². The van der Waals surface area contributed by atoms with Crippen LogP contribution in [0.2, 0.25) is 0 Å². The topological polar surface area (TPSA) is 75.2 Å². The van der Waals surface area contributed by atoms with Gasteiger partial charge in [-0.05, 0) is 23.9 Å². The van der Waals surface area contributed by atoms with Crippen molar-refractivity contribution in [3.05, 3.63) is 38.8 Å². The Morgan fingerprint density at radius 2 is 1.93 bits per heavy atom. The third-order valence-electron chi connectivity index (χ3n) is 1.73. The van der Waals surface area contributed by atoms with Crippen molar-refractivity contribution in [2.24, 2.45) is 0 Å². The van der Waals surface area contributed by atoms with E-state index in [-0.39, 0.29) is 116 Å². The summed E-state index contributed by atoms with van der Waals surface area (Å²) in [6.45, 7) is 1.68. The van der Waals surface area contributed by atoms with Gasteiger partial charge in [0.1, 0.15) is 0 Å². The van der Waals surface area contributed by atoms with E-state index in [1.54, 1.807) is 6.92 Å². The summed E-state index contributed by atoms with van der Waals surface area (Å²) in [5.41, 5.74) is -0.0689. The third-order valence-corrected chi connectivity index (χ3v) is 1.73. The maximum absolute atomic E-state index is 10.9. The molecule has 7 heteroatoms. The fraction of sp³-hybridized carbons (Fsp3) is 0.125. The Hall–Kier alpha value is 1.70. The number of nitrogens with zero attached hydrogens (tertiary/aromatic N) is 3. The molecule has 0 aliphatic carbocycles. The molecule has 15 heavy (non-hydrogen) atoms. The Labute approximate surface area is 183 Å². The van der Waals surface area contributed by atoms with Gasteiger partial charge in [-0.1, -0.05) is 5.69 Å². The van der Waals surface area contributed by atoms with E-state index in [0.717, 1.165) is 0 Å². The zero-order valence-corrected chi connectivity index (χ0v) is 18.6. The first-order chi connectivity index (χ1) is 6.16. The molecule has 0 atom stereocenters. The predicted molar refractivity (Wildman–Crippen MR) is 45.7 cm³/mol. The van der Waals surface area contributed by atoms with Gasteiger partial charge in [-0.2, -0.15) is 6.20 Å². The van der Waals surface area contributed by atoms with Crippen molar-refractivity contribution < 1.29 is 116 Å². The van der Waals surface area contributed by atoms with Gasteiger partial charge in [-0.15, -0.1) is 0 Å². The van der Waals surface area contributed by atoms with Crippen molar-refractivity contribution in [2.75, 3.05) is 0 Å². The molecule has 0 aliphatic heterocycles. The van der Waals surface area contributed by atoms with Gasteiger partial charge in [-0.3, -0.25) is 4.79 Å². The van der Waals surface area contributed by atoms with Gasteiger partial charge in [0.25, 0.3) is 0 Å². The summed E-state index contributed by atoms with van der Waals surface area (Å²) in [6, 6.07) is 1.23. The molecular weight excluding hydrogens is 341 g/mol. The average Bonchev–Trinajstić information content (AvgIpc) is 2.02. The quantitative estimate of drug-likeness (QED) is 0.474. The van der Waals surface area contributed by atoms with Crippen molar-refractivity contribution >= 4 is 10.9 Å². The molecule has 0 N–H and O–H groups in total. The average molecular weight is 346 g/mol. The van der Waals surface area contributed by atoms with Crippen LogP contribution in [0.1, 0.15) is 5.69 Å². The van der Waals surface area contributed by atoms with E-state index in [1.165, 1.54) is 12.3 Å². The van der Waals surface area contributed by atoms with Crippen LogP contribution in [0.25, 0.3) is 10.9 Å². The minimum atomic E-state index is -0.574. The summed E-state index contributed by atoms with van der Waals surface area (Å²) in [6.07, 6.45) is 1.38. The van der Waals surface area contributed by atoms with Gasteiger partial charge in [0, 0.05) is 0 Å². The zero-order valence-electron chi connectivity index (χ0n) is 8.81. The van der Waals surface area contributed by atoms with Crippen LogP contribution in [0.15, 0.2) is 21.9 Å². The molecule has 66 valence electrons. The van der Waals surface area contributed by atoms with Crippen molar-refractivity contribution in [3.63, 3.8) is 0 Å². The van der Waals surface area contributed by atoms with E-state index in [4.69, 9.17) is 0 Å². The molecule has 2 aromatic rings. The van der Waals surface area contributed by atoms with Crippen LogP contribution < -0.4 is 138 Å². The number of pyridine rings is 1. The number of hydrogen-bond acceptors (Lipinski definition) is 3. The SMILES string of the molecule is Cc1nc(=O)[n-]c2cc(=O)[n-]cc12.[Rb+].[Rb+]. The van der Waals surface area contributed by atoms with Crippen LogP contribution in [-0.4, -0.2) is 4.98 Å². The minimum Gasteiger partial charge on any atom is -0.629 e. The van der Waals surface area contributed by atoms with Gasteiger partial charge < -0.3 is 19.7 Å². The summed E-state index contributed by atoms with van der Waals surface area (Å²) in [5.74, 6) is 0. The first kappa shape index (κ1) is 16.7. The summed E-state index contributed by atoms with van der Waals surface area (Å²) < 4.78 is 0. The normalized spacial score (nSPS) is 9.13. The van der Waals surface area contributed by atoms with Crippen molar-refractivity contribution in [1.29, 1.82) is 0 Å². The first-order valence-electron chi connectivity index (χ1n) is 3.65. The van der Waals surface area contributed by atoms with Crippen LogP contribution in [0.5, 0.6) is 0 Å². The maximum Gasteiger partial charge on any atom is 1.00 e. The zero-order chi connectivity index (χ0) is 9.42. The molecule has 0 unspecified atom stereocenters. The van der Waals surface area contributed by atoms with Crippen molar-refractivity contribution in [3.8, 4) is 0 Å². The Bertz CT molecular complexity index is 571. The van der Waals surface area contributed by atoms with E-state index < -0.39 is 11.2 Å². The Morgan fingerprint density at radius 3 is 2.60 bits per heavy atom. The van der Waals surface area contributed by atoms with Gasteiger partial charge in [0.05, 0.1) is 5.56 Å². The second-order valence-electron chi connectivity index (χ2n) is 2.63. The number of rotatable bonds is 0. The molecule has 0 fully saturated rings. The Kier molecular flexibility index (Phi) is 8.02. The van der Waals surface area contributed by atoms with Gasteiger partial charge >= 0.3 is 116 Å². The van der Waals surface area contributed by atoms with E-state index in [9.17, 15) is 9.59 Å². The molecule has 0 bridgehead atoms. The number of fused-ring (bicyclic) bond motifs is 1. The summed E-state index contributed by atoms with van der Waals surface area (Å²) in [4.78, 5) is 32.5. The minimum absolute atomic E-state index is 0. The Morgan fingerprint density at radius 1 is 1.27 bits per heavy atom. The van der Waals surface area contributed by atoms with Crippen LogP contribution in [0.3, 0.4) is 0 Å². The molecule has 0 aromatic carbocycles. The van der Waals surface area contributed by atoms with E-state index in [1.807, 2.05) is 0 Å². The van der Waals surface area contributed by atoms with Crippen LogP contribution in [-0.2, 0) is 0 Å². The maximum atomic E-state index is 10.9. The smallest absolute Gasteiger partial charge is 0.629 e. The third kappa shape index (κ3) is 4.13. The molecule has 2 rings (SSSR count). The fourth-order valence-electron chi connectivity index (χ4n) is 1.13. The molecule has 0 saturated heterocycles. The molecule has 2 aromatic heterocycles. The van der Waals surface area contributed by atoms with Crippen molar-refractivity contribution in [2.45, 2.75) is 6.92 Å². The largest absolute Gasteiger partial charge is 1.00 e. The van der Waals surface area contributed by atoms with Gasteiger partial charge in [0.2, 0.25) is 0 Å². The van der Waals surface area contributed by atoms with Crippen LogP contribution in [0, 0.1) is 6.92 Å². The van der Waals surface area contributed by atoms with Crippen molar-refractivity contribution in [1.82, 2.24) is 15.0 Å². The molecule has 0 amide bonds. The first-order valence-corrected chi connectivity index (χ1v) is 3.65. The van der Waals surface area contributed by atoms with Gasteiger partial charge in [0.15, 0.2) is 5.69 Å². The number of hydrogen-bond donors (Lipinski definition) is 0. The predicted octanol–water partition coefficient (Wildman–Crippen LogP) is -6.81. The summed E-state index contributed by atoms with van der Waals surface area (Å²) >= 11 is 0. The molecule has 5 nitrogen and oxygen atoms in total. The Balaban J connectivity index is 0.000000980. The molecule has 0 spiro atoms.